The summed E-state index contributed by atoms with van der Waals surface area (Å²) in [6.45, 7) is 1.15. The molecule has 4 heteroatoms. The van der Waals surface area contributed by atoms with Crippen LogP contribution in [0.1, 0.15) is 13.3 Å². The third kappa shape index (κ3) is 3.66. The summed E-state index contributed by atoms with van der Waals surface area (Å²) >= 11 is 0. The standard InChI is InChI=1S/C5H8O4/c1-5(9,3-6)2-4(7)8/h3,9H,2H2,1H3,(H,7,8). The fourth-order valence-corrected chi connectivity index (χ4v) is 0.348. The minimum atomic E-state index is -1.72. The zero-order chi connectivity index (χ0) is 7.49. The molecule has 2 N–H and O–H groups in total. The predicted octanol–water partition coefficient (Wildman–Crippen LogP) is -0.589. The number of aliphatic carboxylic acids is 1. The van der Waals surface area contributed by atoms with Crippen molar-refractivity contribution in [3.63, 3.8) is 0 Å². The van der Waals surface area contributed by atoms with Gasteiger partial charge in [0.05, 0.1) is 6.42 Å². The largest absolute Gasteiger partial charge is 0.481 e. The predicted molar refractivity (Wildman–Crippen MR) is 28.9 cm³/mol. The van der Waals surface area contributed by atoms with Gasteiger partial charge < -0.3 is 15.0 Å². The Hall–Kier alpha value is -0.900. The Kier molecular flexibility index (Phi) is 2.33. The highest BCUT2D eigenvalue weighted by molar-refractivity contribution is 5.75. The first-order valence-electron chi connectivity index (χ1n) is 2.38. The highest BCUT2D eigenvalue weighted by atomic mass is 16.4. The summed E-state index contributed by atoms with van der Waals surface area (Å²) in [5.41, 5.74) is -1.72. The quantitative estimate of drug-likeness (QED) is 0.503. The second kappa shape index (κ2) is 2.59. The van der Waals surface area contributed by atoms with Gasteiger partial charge in [0.15, 0.2) is 6.29 Å². The molecular formula is C5H8O4. The van der Waals surface area contributed by atoms with Crippen LogP contribution in [0.5, 0.6) is 0 Å². The Morgan fingerprint density at radius 1 is 1.78 bits per heavy atom. The van der Waals surface area contributed by atoms with E-state index in [1.165, 1.54) is 0 Å². The average Bonchev–Trinajstić information content (AvgIpc) is 1.63. The van der Waals surface area contributed by atoms with Crippen LogP contribution < -0.4 is 0 Å². The molecule has 0 aliphatic carbocycles. The lowest BCUT2D eigenvalue weighted by molar-refractivity contribution is -0.145. The van der Waals surface area contributed by atoms with Crippen LogP contribution in [0.15, 0.2) is 0 Å². The van der Waals surface area contributed by atoms with Crippen LogP contribution in [-0.2, 0) is 9.59 Å². The van der Waals surface area contributed by atoms with Gasteiger partial charge in [-0.05, 0) is 6.92 Å². The molecule has 0 amide bonds. The molecule has 4 nitrogen and oxygen atoms in total. The maximum atomic E-state index is 9.85. The molecule has 0 aliphatic rings. The molecule has 0 heterocycles. The smallest absolute Gasteiger partial charge is 0.306 e. The van der Waals surface area contributed by atoms with Crippen molar-refractivity contribution >= 4 is 12.3 Å². The van der Waals surface area contributed by atoms with E-state index in [4.69, 9.17) is 10.2 Å². The first-order chi connectivity index (χ1) is 3.98. The first-order valence-corrected chi connectivity index (χ1v) is 2.38. The van der Waals surface area contributed by atoms with Crippen molar-refractivity contribution in [2.24, 2.45) is 0 Å². The zero-order valence-corrected chi connectivity index (χ0v) is 5.00. The Bertz CT molecular complexity index is 127. The summed E-state index contributed by atoms with van der Waals surface area (Å²) in [6.07, 6.45) is -0.336. The summed E-state index contributed by atoms with van der Waals surface area (Å²) < 4.78 is 0. The van der Waals surface area contributed by atoms with Gasteiger partial charge in [-0.15, -0.1) is 0 Å². The third-order valence-corrected chi connectivity index (χ3v) is 0.763. The number of carboxylic acids is 1. The van der Waals surface area contributed by atoms with Crippen LogP contribution in [0.25, 0.3) is 0 Å². The third-order valence-electron chi connectivity index (χ3n) is 0.763. The molecule has 0 aromatic carbocycles. The number of carboxylic acid groups (broad SMARTS) is 1. The molecule has 0 aromatic rings. The fourth-order valence-electron chi connectivity index (χ4n) is 0.348. The van der Waals surface area contributed by atoms with Gasteiger partial charge in [-0.3, -0.25) is 4.79 Å². The molecule has 0 rings (SSSR count). The van der Waals surface area contributed by atoms with Gasteiger partial charge in [0.1, 0.15) is 5.60 Å². The lowest BCUT2D eigenvalue weighted by Gasteiger charge is -2.10. The van der Waals surface area contributed by atoms with Crippen molar-refractivity contribution < 1.29 is 19.8 Å². The van der Waals surface area contributed by atoms with Crippen LogP contribution in [0.3, 0.4) is 0 Å². The normalized spacial score (nSPS) is 16.2. The Morgan fingerprint density at radius 3 is 2.33 bits per heavy atom. The molecule has 9 heavy (non-hydrogen) atoms. The Labute approximate surface area is 52.1 Å². The van der Waals surface area contributed by atoms with E-state index in [0.717, 1.165) is 6.92 Å². The summed E-state index contributed by atoms with van der Waals surface area (Å²) in [5, 5.41) is 16.8. The topological polar surface area (TPSA) is 74.6 Å². The zero-order valence-electron chi connectivity index (χ0n) is 5.00. The van der Waals surface area contributed by atoms with Crippen molar-refractivity contribution in [3.05, 3.63) is 0 Å². The van der Waals surface area contributed by atoms with Gasteiger partial charge in [-0.1, -0.05) is 0 Å². The monoisotopic (exact) mass is 132 g/mol. The highest BCUT2D eigenvalue weighted by Gasteiger charge is 2.22. The number of hydrogen-bond acceptors (Lipinski definition) is 3. The van der Waals surface area contributed by atoms with Gasteiger partial charge >= 0.3 is 5.97 Å². The molecule has 0 aliphatic heterocycles. The Balaban J connectivity index is 3.86. The lowest BCUT2D eigenvalue weighted by Crippen LogP contribution is -2.29. The van der Waals surface area contributed by atoms with E-state index < -0.39 is 18.0 Å². The number of hydrogen-bond donors (Lipinski definition) is 2. The van der Waals surface area contributed by atoms with Crippen molar-refractivity contribution in [1.82, 2.24) is 0 Å². The number of aldehydes is 1. The average molecular weight is 132 g/mol. The summed E-state index contributed by atoms with van der Waals surface area (Å²) in [5.74, 6) is -1.19. The van der Waals surface area contributed by atoms with Crippen molar-refractivity contribution in [1.29, 1.82) is 0 Å². The van der Waals surface area contributed by atoms with Crippen LogP contribution in [0, 0.1) is 0 Å². The van der Waals surface area contributed by atoms with E-state index in [9.17, 15) is 9.59 Å². The molecule has 1 unspecified atom stereocenters. The highest BCUT2D eigenvalue weighted by Crippen LogP contribution is 2.03. The van der Waals surface area contributed by atoms with E-state index in [-0.39, 0.29) is 6.29 Å². The van der Waals surface area contributed by atoms with Crippen LogP contribution in [0.2, 0.25) is 0 Å². The maximum absolute atomic E-state index is 9.85. The van der Waals surface area contributed by atoms with Gasteiger partial charge in [0.25, 0.3) is 0 Å². The number of rotatable bonds is 3. The second-order valence-electron chi connectivity index (χ2n) is 2.05. The molecule has 0 saturated heterocycles. The molecule has 0 radical (unpaired) electrons. The van der Waals surface area contributed by atoms with Gasteiger partial charge in [-0.2, -0.15) is 0 Å². The van der Waals surface area contributed by atoms with E-state index in [1.807, 2.05) is 0 Å². The molecule has 1 atom stereocenters. The summed E-state index contributed by atoms with van der Waals surface area (Å²) in [4.78, 5) is 19.7. The summed E-state index contributed by atoms with van der Waals surface area (Å²) in [7, 11) is 0. The Morgan fingerprint density at radius 2 is 2.22 bits per heavy atom. The molecule has 0 saturated carbocycles. The van der Waals surface area contributed by atoms with Crippen LogP contribution in [-0.4, -0.2) is 28.1 Å². The fraction of sp³-hybridized carbons (Fsp3) is 0.600. The van der Waals surface area contributed by atoms with E-state index in [1.54, 1.807) is 0 Å². The van der Waals surface area contributed by atoms with Crippen molar-refractivity contribution in [2.45, 2.75) is 18.9 Å². The van der Waals surface area contributed by atoms with Crippen LogP contribution >= 0.6 is 0 Å². The number of carbonyl (C=O) groups is 2. The van der Waals surface area contributed by atoms with Crippen molar-refractivity contribution in [2.75, 3.05) is 0 Å². The minimum Gasteiger partial charge on any atom is -0.481 e. The maximum Gasteiger partial charge on any atom is 0.306 e. The van der Waals surface area contributed by atoms with Crippen molar-refractivity contribution in [3.8, 4) is 0 Å². The summed E-state index contributed by atoms with van der Waals surface area (Å²) in [6, 6.07) is 0. The first kappa shape index (κ1) is 8.10. The van der Waals surface area contributed by atoms with E-state index >= 15 is 0 Å². The van der Waals surface area contributed by atoms with E-state index in [0.29, 0.717) is 0 Å². The molecule has 0 aromatic heterocycles. The van der Waals surface area contributed by atoms with E-state index in [2.05, 4.69) is 0 Å². The number of carbonyl (C=O) groups excluding carboxylic acids is 1. The molecule has 0 bridgehead atoms. The molecule has 52 valence electrons. The molecular weight excluding hydrogens is 124 g/mol. The lowest BCUT2D eigenvalue weighted by atomic mass is 10.1. The SMILES string of the molecule is CC(O)(C=O)CC(=O)O. The minimum absolute atomic E-state index is 0.209. The van der Waals surface area contributed by atoms with Gasteiger partial charge in [0, 0.05) is 0 Å². The van der Waals surface area contributed by atoms with Gasteiger partial charge in [0.2, 0.25) is 0 Å². The molecule has 0 fully saturated rings. The van der Waals surface area contributed by atoms with Crippen LogP contribution in [0.4, 0.5) is 0 Å². The van der Waals surface area contributed by atoms with Gasteiger partial charge in [-0.25, -0.2) is 0 Å². The molecule has 0 spiro atoms. The second-order valence-corrected chi connectivity index (χ2v) is 2.05. The number of aliphatic hydroxyl groups is 1.